The molecule has 0 aliphatic carbocycles. The normalized spacial score (nSPS) is 10.2. The standard InChI is InChI=1S/C12H10ClN3O4.C8H11NO3.C6H5ClN2O2/c1-2-20-12(17)8(6-14)7-15-11-4-3-9(16(18)19)5-10(11)13;1-3-11-6-7(5-9)8(10)12-4-2;7-5-3-4(9(10)11)1-2-6(5)8/h3-5,7,15H,2H2,1H3;6H,3-4H2,1-2H3;1-3H,8H2/b8-7-;7-6-;. The van der Waals surface area contributed by atoms with Gasteiger partial charge in [-0.05, 0) is 32.9 Å². The number of nitrogen functional groups attached to an aromatic ring is 1. The number of hydrogen-bond donors (Lipinski definition) is 2. The van der Waals surface area contributed by atoms with Gasteiger partial charge in [-0.2, -0.15) is 10.5 Å². The van der Waals surface area contributed by atoms with Gasteiger partial charge in [0, 0.05) is 30.5 Å². The number of hydrogen-bond acceptors (Lipinski definition) is 13. The molecule has 0 heterocycles. The number of nitro benzene ring substituents is 2. The van der Waals surface area contributed by atoms with E-state index in [1.54, 1.807) is 32.9 Å². The van der Waals surface area contributed by atoms with Crippen LogP contribution in [-0.4, -0.2) is 41.6 Å². The SMILES string of the molecule is CCO/C=C(/C#N)C(=O)OCC.CCOC(=O)/C(C#N)=C\Nc1ccc([N+](=O)[O-])cc1Cl.Nc1ccc([N+](=O)[O-])cc1Cl. The number of benzene rings is 2. The summed E-state index contributed by atoms with van der Waals surface area (Å²) in [7, 11) is 0. The molecule has 0 atom stereocenters. The molecule has 0 fully saturated rings. The van der Waals surface area contributed by atoms with Gasteiger partial charge >= 0.3 is 11.9 Å². The summed E-state index contributed by atoms with van der Waals surface area (Å²) in [5.74, 6) is -1.41. The Hall–Kier alpha value is -5.38. The maximum Gasteiger partial charge on any atom is 0.352 e. The van der Waals surface area contributed by atoms with Crippen LogP contribution in [0.1, 0.15) is 20.8 Å². The molecule has 0 amide bonds. The molecule has 2 aromatic carbocycles. The second-order valence-corrected chi connectivity index (χ2v) is 8.05. The van der Waals surface area contributed by atoms with Gasteiger partial charge in [0.05, 0.1) is 51.1 Å². The van der Waals surface area contributed by atoms with E-state index in [0.29, 0.717) is 18.0 Å². The molecule has 0 bridgehead atoms. The van der Waals surface area contributed by atoms with E-state index in [1.165, 1.54) is 30.3 Å². The third kappa shape index (κ3) is 14.2. The lowest BCUT2D eigenvalue weighted by Crippen LogP contribution is -2.08. The first-order chi connectivity index (χ1) is 20.4. The van der Waals surface area contributed by atoms with Crippen molar-refractivity contribution in [3.8, 4) is 12.1 Å². The summed E-state index contributed by atoms with van der Waals surface area (Å²) in [5, 5.41) is 40.9. The Morgan fingerprint density at radius 3 is 1.79 bits per heavy atom. The van der Waals surface area contributed by atoms with Crippen LogP contribution in [0.2, 0.25) is 10.0 Å². The van der Waals surface area contributed by atoms with Crippen molar-refractivity contribution < 1.29 is 33.6 Å². The second kappa shape index (κ2) is 20.5. The molecule has 2 rings (SSSR count). The van der Waals surface area contributed by atoms with Crippen molar-refractivity contribution in [3.05, 3.63) is 90.3 Å². The Balaban J connectivity index is 0.000000659. The number of ether oxygens (including phenoxy) is 3. The van der Waals surface area contributed by atoms with Crippen molar-refractivity contribution in [3.63, 3.8) is 0 Å². The van der Waals surface area contributed by atoms with Crippen molar-refractivity contribution in [2.24, 2.45) is 0 Å². The molecule has 228 valence electrons. The van der Waals surface area contributed by atoms with Crippen molar-refractivity contribution in [1.29, 1.82) is 10.5 Å². The van der Waals surface area contributed by atoms with Crippen LogP contribution in [0.5, 0.6) is 0 Å². The van der Waals surface area contributed by atoms with E-state index in [4.69, 9.17) is 44.2 Å². The zero-order chi connectivity index (χ0) is 32.9. The Kier molecular flexibility index (Phi) is 17.9. The van der Waals surface area contributed by atoms with E-state index in [1.807, 2.05) is 0 Å². The minimum Gasteiger partial charge on any atom is -0.500 e. The van der Waals surface area contributed by atoms with E-state index < -0.39 is 21.8 Å². The third-order valence-electron chi connectivity index (χ3n) is 4.33. The minimum absolute atomic E-state index is 0.0517. The zero-order valence-electron chi connectivity index (χ0n) is 23.0. The van der Waals surface area contributed by atoms with Crippen LogP contribution < -0.4 is 11.1 Å². The van der Waals surface area contributed by atoms with Gasteiger partial charge in [-0.3, -0.25) is 20.2 Å². The average molecular weight is 637 g/mol. The quantitative estimate of drug-likeness (QED) is 0.0627. The fraction of sp³-hybridized carbons (Fsp3) is 0.231. The zero-order valence-corrected chi connectivity index (χ0v) is 24.5. The second-order valence-electron chi connectivity index (χ2n) is 7.24. The molecular formula is C26H26Cl2N6O9. The minimum atomic E-state index is -0.763. The summed E-state index contributed by atoms with van der Waals surface area (Å²) < 4.78 is 14.0. The monoisotopic (exact) mass is 636 g/mol. The van der Waals surface area contributed by atoms with Gasteiger partial charge in [0.25, 0.3) is 11.4 Å². The molecule has 0 aliphatic rings. The predicted octanol–water partition coefficient (Wildman–Crippen LogP) is 5.45. The number of nitrogens with two attached hydrogens (primary N) is 1. The number of esters is 2. The van der Waals surface area contributed by atoms with Gasteiger partial charge in [0.2, 0.25) is 0 Å². The molecule has 3 N–H and O–H groups in total. The number of non-ortho nitro benzene ring substituents is 2. The van der Waals surface area contributed by atoms with E-state index in [-0.39, 0.29) is 45.8 Å². The topological polar surface area (TPSA) is 234 Å². The molecule has 0 radical (unpaired) electrons. The van der Waals surface area contributed by atoms with Crippen LogP contribution in [0.15, 0.2) is 60.0 Å². The summed E-state index contributed by atoms with van der Waals surface area (Å²) in [5.41, 5.74) is 5.45. The fourth-order valence-corrected chi connectivity index (χ4v) is 2.76. The van der Waals surface area contributed by atoms with E-state index in [0.717, 1.165) is 18.5 Å². The van der Waals surface area contributed by atoms with Crippen molar-refractivity contribution in [2.75, 3.05) is 30.9 Å². The van der Waals surface area contributed by atoms with Gasteiger partial charge in [0.1, 0.15) is 18.4 Å². The Labute approximate surface area is 255 Å². The highest BCUT2D eigenvalue weighted by molar-refractivity contribution is 6.33. The lowest BCUT2D eigenvalue weighted by Gasteiger charge is -2.04. The lowest BCUT2D eigenvalue weighted by atomic mass is 10.2. The van der Waals surface area contributed by atoms with Gasteiger partial charge in [-0.1, -0.05) is 23.2 Å². The third-order valence-corrected chi connectivity index (χ3v) is 4.97. The largest absolute Gasteiger partial charge is 0.500 e. The van der Waals surface area contributed by atoms with Crippen molar-refractivity contribution >= 4 is 57.9 Å². The van der Waals surface area contributed by atoms with Crippen molar-refractivity contribution in [1.82, 2.24) is 0 Å². The van der Waals surface area contributed by atoms with Gasteiger partial charge in [0.15, 0.2) is 11.1 Å². The maximum atomic E-state index is 11.3. The highest BCUT2D eigenvalue weighted by atomic mass is 35.5. The predicted molar refractivity (Wildman–Crippen MR) is 157 cm³/mol. The molecule has 0 aliphatic heterocycles. The first-order valence-corrected chi connectivity index (χ1v) is 12.7. The molecule has 15 nitrogen and oxygen atoms in total. The number of anilines is 2. The number of halogens is 2. The number of carbonyl (C=O) groups is 2. The van der Waals surface area contributed by atoms with Crippen molar-refractivity contribution in [2.45, 2.75) is 20.8 Å². The molecule has 0 spiro atoms. The number of nitro groups is 2. The van der Waals surface area contributed by atoms with Crippen LogP contribution in [0.25, 0.3) is 0 Å². The molecular weight excluding hydrogens is 611 g/mol. The van der Waals surface area contributed by atoms with Crippen LogP contribution >= 0.6 is 23.2 Å². The molecule has 43 heavy (non-hydrogen) atoms. The Bertz CT molecular complexity index is 1450. The lowest BCUT2D eigenvalue weighted by molar-refractivity contribution is -0.385. The molecule has 17 heteroatoms. The van der Waals surface area contributed by atoms with Crippen LogP contribution in [0.4, 0.5) is 22.7 Å². The number of nitrogens with zero attached hydrogens (tertiary/aromatic N) is 4. The maximum absolute atomic E-state index is 11.3. The van der Waals surface area contributed by atoms with E-state index in [2.05, 4.69) is 14.8 Å². The van der Waals surface area contributed by atoms with Gasteiger partial charge in [-0.25, -0.2) is 9.59 Å². The summed E-state index contributed by atoms with van der Waals surface area (Å²) in [4.78, 5) is 41.9. The smallest absolute Gasteiger partial charge is 0.352 e. The van der Waals surface area contributed by atoms with Crippen LogP contribution in [0.3, 0.4) is 0 Å². The molecule has 0 aromatic heterocycles. The van der Waals surface area contributed by atoms with Gasteiger partial charge in [-0.15, -0.1) is 0 Å². The molecule has 0 saturated heterocycles. The highest BCUT2D eigenvalue weighted by Crippen LogP contribution is 2.27. The number of nitriles is 2. The van der Waals surface area contributed by atoms with E-state index >= 15 is 0 Å². The number of rotatable bonds is 10. The Morgan fingerprint density at radius 2 is 1.37 bits per heavy atom. The first-order valence-electron chi connectivity index (χ1n) is 11.9. The summed E-state index contributed by atoms with van der Waals surface area (Å²) in [6, 6.07) is 11.1. The molecule has 0 saturated carbocycles. The number of carbonyl (C=O) groups excluding carboxylic acids is 2. The summed E-state index contributed by atoms with van der Waals surface area (Å²) in [6.45, 7) is 5.88. The average Bonchev–Trinajstić information content (AvgIpc) is 2.96. The highest BCUT2D eigenvalue weighted by Gasteiger charge is 2.12. The van der Waals surface area contributed by atoms with Crippen LogP contribution in [0, 0.1) is 42.9 Å². The van der Waals surface area contributed by atoms with Gasteiger partial charge < -0.3 is 25.3 Å². The van der Waals surface area contributed by atoms with E-state index in [9.17, 15) is 29.8 Å². The fourth-order valence-electron chi connectivity index (χ4n) is 2.36. The molecule has 0 unspecified atom stereocenters. The Morgan fingerprint density at radius 1 is 0.884 bits per heavy atom. The van der Waals surface area contributed by atoms with Crippen LogP contribution in [-0.2, 0) is 23.8 Å². The summed E-state index contributed by atoms with van der Waals surface area (Å²) >= 11 is 11.4. The first kappa shape index (κ1) is 37.6. The molecule has 2 aromatic rings. The number of nitrogens with one attached hydrogen (secondary N) is 1. The summed E-state index contributed by atoms with van der Waals surface area (Å²) in [6.07, 6.45) is 2.24.